The maximum atomic E-state index is 13.3. The number of carbonyl (C=O) groups excluding carboxylic acids is 2. The highest BCUT2D eigenvalue weighted by molar-refractivity contribution is 7.89. The SMILES string of the molecule is O=C1NC(=O)C2(CCCN(S(=O)(=O)c3cc(Cl)ccc3OCCC3CC3)C2)N1. The number of halogens is 1. The van der Waals surface area contributed by atoms with Crippen LogP contribution in [0.25, 0.3) is 0 Å². The maximum absolute atomic E-state index is 13.3. The average molecular weight is 428 g/mol. The van der Waals surface area contributed by atoms with Crippen molar-refractivity contribution in [1.29, 1.82) is 0 Å². The van der Waals surface area contributed by atoms with Crippen LogP contribution in [0, 0.1) is 5.92 Å². The minimum atomic E-state index is -3.96. The Balaban J connectivity index is 1.59. The van der Waals surface area contributed by atoms with Crippen LogP contribution >= 0.6 is 11.6 Å². The van der Waals surface area contributed by atoms with E-state index in [4.69, 9.17) is 16.3 Å². The third-order valence-electron chi connectivity index (χ3n) is 5.48. The van der Waals surface area contributed by atoms with Crippen LogP contribution in [0.1, 0.15) is 32.1 Å². The first-order chi connectivity index (χ1) is 13.3. The molecule has 1 aromatic rings. The van der Waals surface area contributed by atoms with E-state index in [2.05, 4.69) is 10.6 Å². The van der Waals surface area contributed by atoms with Crippen LogP contribution < -0.4 is 15.4 Å². The smallest absolute Gasteiger partial charge is 0.322 e. The molecule has 10 heteroatoms. The molecule has 1 saturated carbocycles. The summed E-state index contributed by atoms with van der Waals surface area (Å²) in [5, 5.41) is 5.07. The summed E-state index contributed by atoms with van der Waals surface area (Å²) in [7, 11) is -3.96. The highest BCUT2D eigenvalue weighted by Crippen LogP contribution is 2.35. The standard InChI is InChI=1S/C18H22ClN3O5S/c19-13-4-5-14(27-9-6-12-2-3-12)15(10-13)28(25,26)22-8-1-7-18(11-22)16(23)20-17(24)21-18/h4-5,10,12H,1-3,6-9,11H2,(H2,20,21,23,24). The number of hydrogen-bond donors (Lipinski definition) is 2. The molecule has 2 N–H and O–H groups in total. The Morgan fingerprint density at radius 1 is 1.29 bits per heavy atom. The van der Waals surface area contributed by atoms with Crippen LogP contribution in [-0.2, 0) is 14.8 Å². The van der Waals surface area contributed by atoms with Gasteiger partial charge < -0.3 is 10.1 Å². The molecule has 28 heavy (non-hydrogen) atoms. The lowest BCUT2D eigenvalue weighted by Crippen LogP contribution is -2.59. The summed E-state index contributed by atoms with van der Waals surface area (Å²) < 4.78 is 33.7. The fourth-order valence-electron chi connectivity index (χ4n) is 3.72. The first-order valence-corrected chi connectivity index (χ1v) is 11.2. The molecule has 1 aromatic carbocycles. The Labute approximate surface area is 168 Å². The van der Waals surface area contributed by atoms with Crippen LogP contribution in [0.4, 0.5) is 4.79 Å². The maximum Gasteiger partial charge on any atom is 0.322 e. The number of sulfonamides is 1. The van der Waals surface area contributed by atoms with Crippen LogP contribution in [-0.4, -0.2) is 49.9 Å². The molecule has 8 nitrogen and oxygen atoms in total. The van der Waals surface area contributed by atoms with Gasteiger partial charge in [0.2, 0.25) is 10.0 Å². The molecular formula is C18H22ClN3O5S. The molecule has 1 aliphatic carbocycles. The zero-order valence-corrected chi connectivity index (χ0v) is 16.8. The molecule has 1 spiro atoms. The van der Waals surface area contributed by atoms with E-state index in [0.29, 0.717) is 25.4 Å². The normalized spacial score (nSPS) is 25.6. The number of nitrogens with one attached hydrogen (secondary N) is 2. The van der Waals surface area contributed by atoms with Crippen molar-refractivity contribution in [2.75, 3.05) is 19.7 Å². The predicted molar refractivity (Wildman–Crippen MR) is 102 cm³/mol. The number of piperidine rings is 1. The van der Waals surface area contributed by atoms with E-state index in [1.165, 1.54) is 23.2 Å². The zero-order valence-electron chi connectivity index (χ0n) is 15.2. The summed E-state index contributed by atoms with van der Waals surface area (Å²) in [4.78, 5) is 23.8. The molecule has 0 radical (unpaired) electrons. The van der Waals surface area contributed by atoms with E-state index in [1.807, 2.05) is 0 Å². The second kappa shape index (κ2) is 7.20. The second-order valence-electron chi connectivity index (χ2n) is 7.60. The molecule has 1 atom stereocenters. The molecular weight excluding hydrogens is 406 g/mol. The first-order valence-electron chi connectivity index (χ1n) is 9.36. The molecule has 152 valence electrons. The van der Waals surface area contributed by atoms with E-state index < -0.39 is 27.5 Å². The van der Waals surface area contributed by atoms with Gasteiger partial charge >= 0.3 is 6.03 Å². The lowest BCUT2D eigenvalue weighted by atomic mass is 9.90. The van der Waals surface area contributed by atoms with Gasteiger partial charge in [0.1, 0.15) is 16.2 Å². The van der Waals surface area contributed by atoms with Crippen molar-refractivity contribution >= 4 is 33.6 Å². The largest absolute Gasteiger partial charge is 0.492 e. The number of hydrogen-bond acceptors (Lipinski definition) is 5. The van der Waals surface area contributed by atoms with Crippen LogP contribution in [0.2, 0.25) is 5.02 Å². The Morgan fingerprint density at radius 3 is 2.75 bits per heavy atom. The minimum absolute atomic E-state index is 0.0161. The van der Waals surface area contributed by atoms with Crippen molar-refractivity contribution in [3.05, 3.63) is 23.2 Å². The summed E-state index contributed by atoms with van der Waals surface area (Å²) in [6.07, 6.45) is 4.11. The van der Waals surface area contributed by atoms with E-state index in [1.54, 1.807) is 12.1 Å². The van der Waals surface area contributed by atoms with Gasteiger partial charge in [-0.25, -0.2) is 13.2 Å². The number of imide groups is 1. The molecule has 1 unspecified atom stereocenters. The van der Waals surface area contributed by atoms with E-state index in [-0.39, 0.29) is 28.8 Å². The number of rotatable bonds is 6. The molecule has 0 bridgehead atoms. The van der Waals surface area contributed by atoms with E-state index >= 15 is 0 Å². The van der Waals surface area contributed by atoms with Crippen LogP contribution in [0.5, 0.6) is 5.75 Å². The molecule has 4 rings (SSSR count). The van der Waals surface area contributed by atoms with Gasteiger partial charge in [-0.15, -0.1) is 0 Å². The summed E-state index contributed by atoms with van der Waals surface area (Å²) in [5.41, 5.74) is -1.23. The summed E-state index contributed by atoms with van der Waals surface area (Å²) >= 11 is 6.06. The number of carbonyl (C=O) groups is 2. The van der Waals surface area contributed by atoms with Crippen LogP contribution in [0.3, 0.4) is 0 Å². The molecule has 3 amide bonds. The van der Waals surface area contributed by atoms with Crippen LogP contribution in [0.15, 0.2) is 23.1 Å². The Kier molecular flexibility index (Phi) is 5.01. The average Bonchev–Trinajstić information content (AvgIpc) is 3.42. The fraction of sp³-hybridized carbons (Fsp3) is 0.556. The number of amides is 3. The quantitative estimate of drug-likeness (QED) is 0.674. The molecule has 2 aliphatic heterocycles. The summed E-state index contributed by atoms with van der Waals surface area (Å²) in [5.74, 6) is 0.424. The van der Waals surface area contributed by atoms with Gasteiger partial charge in [-0.1, -0.05) is 24.4 Å². The molecule has 3 aliphatic rings. The van der Waals surface area contributed by atoms with Gasteiger partial charge in [0, 0.05) is 18.1 Å². The minimum Gasteiger partial charge on any atom is -0.492 e. The molecule has 2 heterocycles. The molecule has 2 saturated heterocycles. The third kappa shape index (κ3) is 3.70. The lowest BCUT2D eigenvalue weighted by Gasteiger charge is -2.37. The van der Waals surface area contributed by atoms with Crippen molar-refractivity contribution in [3.63, 3.8) is 0 Å². The highest BCUT2D eigenvalue weighted by Gasteiger charge is 2.51. The highest BCUT2D eigenvalue weighted by atomic mass is 35.5. The first kappa shape index (κ1) is 19.5. The number of ether oxygens (including phenoxy) is 1. The Morgan fingerprint density at radius 2 is 2.07 bits per heavy atom. The Hall–Kier alpha value is -1.84. The fourth-order valence-corrected chi connectivity index (χ4v) is 5.65. The van der Waals surface area contributed by atoms with E-state index in [9.17, 15) is 18.0 Å². The van der Waals surface area contributed by atoms with Gasteiger partial charge in [0.25, 0.3) is 5.91 Å². The Bertz CT molecular complexity index is 918. The van der Waals surface area contributed by atoms with Crippen molar-refractivity contribution in [1.82, 2.24) is 14.9 Å². The zero-order chi connectivity index (χ0) is 19.9. The monoisotopic (exact) mass is 427 g/mol. The summed E-state index contributed by atoms with van der Waals surface area (Å²) in [6.45, 7) is 0.569. The topological polar surface area (TPSA) is 105 Å². The van der Waals surface area contributed by atoms with Gasteiger partial charge in [0.15, 0.2) is 0 Å². The van der Waals surface area contributed by atoms with Crippen molar-refractivity contribution in [3.8, 4) is 5.75 Å². The third-order valence-corrected chi connectivity index (χ3v) is 7.58. The van der Waals surface area contributed by atoms with Gasteiger partial charge in [0.05, 0.1) is 6.61 Å². The van der Waals surface area contributed by atoms with E-state index in [0.717, 1.165) is 6.42 Å². The number of urea groups is 1. The van der Waals surface area contributed by atoms with Gasteiger partial charge in [-0.3, -0.25) is 10.1 Å². The van der Waals surface area contributed by atoms with Gasteiger partial charge in [-0.2, -0.15) is 4.31 Å². The van der Waals surface area contributed by atoms with Gasteiger partial charge in [-0.05, 0) is 43.4 Å². The molecule has 3 fully saturated rings. The van der Waals surface area contributed by atoms with Crippen molar-refractivity contribution in [2.24, 2.45) is 5.92 Å². The number of nitrogens with zero attached hydrogens (tertiary/aromatic N) is 1. The van der Waals surface area contributed by atoms with Crippen molar-refractivity contribution < 1.29 is 22.7 Å². The van der Waals surface area contributed by atoms with Crippen molar-refractivity contribution in [2.45, 2.75) is 42.5 Å². The number of benzene rings is 1. The molecule has 0 aromatic heterocycles. The lowest BCUT2D eigenvalue weighted by molar-refractivity contribution is -0.125. The second-order valence-corrected chi connectivity index (χ2v) is 9.95. The summed E-state index contributed by atoms with van der Waals surface area (Å²) in [6, 6.07) is 3.93. The predicted octanol–water partition coefficient (Wildman–Crippen LogP) is 1.88.